The van der Waals surface area contributed by atoms with E-state index in [9.17, 15) is 28.3 Å². The van der Waals surface area contributed by atoms with Crippen molar-refractivity contribution in [3.63, 3.8) is 0 Å². The second-order valence-electron chi connectivity index (χ2n) is 5.82. The number of hydrogen-bond acceptors (Lipinski definition) is 4. The number of nitrogens with zero attached hydrogens (tertiary/aromatic N) is 2. The average Bonchev–Trinajstić information content (AvgIpc) is 3.22. The molecule has 0 aliphatic carbocycles. The zero-order valence-corrected chi connectivity index (χ0v) is 16.3. The minimum atomic E-state index is -4.85. The van der Waals surface area contributed by atoms with E-state index < -0.39 is 29.1 Å². The number of thioether (sulfide) groups is 1. The van der Waals surface area contributed by atoms with Crippen molar-refractivity contribution in [1.82, 2.24) is 4.57 Å². The second-order valence-corrected chi connectivity index (χ2v) is 7.58. The molecule has 1 N–H and O–H groups in total. The molecule has 2 aromatic heterocycles. The van der Waals surface area contributed by atoms with Gasteiger partial charge in [-0.2, -0.15) is 18.4 Å². The molecule has 144 valence electrons. The van der Waals surface area contributed by atoms with Crippen molar-refractivity contribution in [2.75, 3.05) is 6.26 Å². The first-order chi connectivity index (χ1) is 13.2. The number of halogens is 3. The van der Waals surface area contributed by atoms with E-state index in [1.165, 1.54) is 11.3 Å². The molecular weight excluding hydrogens is 409 g/mol. The van der Waals surface area contributed by atoms with Crippen LogP contribution in [0.3, 0.4) is 0 Å². The van der Waals surface area contributed by atoms with Crippen molar-refractivity contribution in [1.29, 1.82) is 5.26 Å². The van der Waals surface area contributed by atoms with Crippen molar-refractivity contribution >= 4 is 29.1 Å². The third-order valence-corrected chi connectivity index (χ3v) is 6.13. The van der Waals surface area contributed by atoms with Gasteiger partial charge >= 0.3 is 12.1 Å². The molecule has 0 unspecified atom stereocenters. The summed E-state index contributed by atoms with van der Waals surface area (Å²) < 4.78 is 40.8. The SMILES string of the molecule is CSc1ccsc1-c1ccc(-c2c(C#N)c(C(F)(F)F)n(C)c2C(=O)O)cc1. The number of aromatic carboxylic acids is 1. The maximum atomic E-state index is 13.4. The fraction of sp³-hybridized carbons (Fsp3) is 0.158. The van der Waals surface area contributed by atoms with Crippen LogP contribution in [0.5, 0.6) is 0 Å². The van der Waals surface area contributed by atoms with E-state index in [4.69, 9.17) is 0 Å². The van der Waals surface area contributed by atoms with Gasteiger partial charge in [0.2, 0.25) is 0 Å². The van der Waals surface area contributed by atoms with Crippen LogP contribution < -0.4 is 0 Å². The summed E-state index contributed by atoms with van der Waals surface area (Å²) in [7, 11) is 1.00. The number of benzene rings is 1. The Kier molecular flexibility index (Phi) is 5.28. The number of rotatable bonds is 4. The lowest BCUT2D eigenvalue weighted by atomic mass is 9.99. The van der Waals surface area contributed by atoms with E-state index in [0.717, 1.165) is 22.4 Å². The molecule has 0 aliphatic rings. The van der Waals surface area contributed by atoms with Crippen LogP contribution in [-0.4, -0.2) is 21.9 Å². The summed E-state index contributed by atoms with van der Waals surface area (Å²) >= 11 is 3.11. The van der Waals surface area contributed by atoms with E-state index in [1.807, 2.05) is 17.7 Å². The van der Waals surface area contributed by atoms with Gasteiger partial charge in [0, 0.05) is 22.4 Å². The standard InChI is InChI=1S/C19H13F3N2O2S2/c1-24-15(18(25)26)14(12(9-23)17(24)19(20,21)22)10-3-5-11(6-4-10)16-13(27-2)7-8-28-16/h3-8H,1-2H3,(H,25,26). The van der Waals surface area contributed by atoms with E-state index in [-0.39, 0.29) is 11.1 Å². The highest BCUT2D eigenvalue weighted by molar-refractivity contribution is 7.98. The predicted octanol–water partition coefficient (Wildman–Crippen LogP) is 5.73. The lowest BCUT2D eigenvalue weighted by Gasteiger charge is -2.08. The van der Waals surface area contributed by atoms with Crippen LogP contribution in [0.25, 0.3) is 21.6 Å². The van der Waals surface area contributed by atoms with E-state index in [1.54, 1.807) is 42.1 Å². The minimum absolute atomic E-state index is 0.229. The van der Waals surface area contributed by atoms with Crippen LogP contribution in [0.15, 0.2) is 40.6 Å². The van der Waals surface area contributed by atoms with Crippen LogP contribution in [0.4, 0.5) is 13.2 Å². The van der Waals surface area contributed by atoms with Gasteiger partial charge in [-0.3, -0.25) is 0 Å². The molecule has 0 atom stereocenters. The Morgan fingerprint density at radius 2 is 1.82 bits per heavy atom. The minimum Gasteiger partial charge on any atom is -0.477 e. The molecule has 0 fully saturated rings. The first-order valence-electron chi connectivity index (χ1n) is 7.86. The number of hydrogen-bond donors (Lipinski definition) is 1. The zero-order chi connectivity index (χ0) is 20.6. The van der Waals surface area contributed by atoms with E-state index in [2.05, 4.69) is 0 Å². The van der Waals surface area contributed by atoms with Crippen LogP contribution >= 0.6 is 23.1 Å². The molecule has 1 aromatic carbocycles. The summed E-state index contributed by atoms with van der Waals surface area (Å²) in [6, 6.07) is 10.0. The lowest BCUT2D eigenvalue weighted by Crippen LogP contribution is -2.15. The molecule has 28 heavy (non-hydrogen) atoms. The summed E-state index contributed by atoms with van der Waals surface area (Å²) in [5, 5.41) is 20.8. The number of nitriles is 1. The fourth-order valence-electron chi connectivity index (χ4n) is 3.11. The number of thiophene rings is 1. The fourth-order valence-corrected chi connectivity index (χ4v) is 4.90. The first kappa shape index (κ1) is 20.0. The van der Waals surface area contributed by atoms with Crippen molar-refractivity contribution < 1.29 is 23.1 Å². The number of alkyl halides is 3. The maximum Gasteiger partial charge on any atom is 0.432 e. The Morgan fingerprint density at radius 1 is 1.21 bits per heavy atom. The molecule has 0 saturated carbocycles. The largest absolute Gasteiger partial charge is 0.477 e. The molecular formula is C19H13F3N2O2S2. The van der Waals surface area contributed by atoms with Gasteiger partial charge in [-0.25, -0.2) is 4.79 Å². The molecule has 4 nitrogen and oxygen atoms in total. The van der Waals surface area contributed by atoms with Gasteiger partial charge in [0.1, 0.15) is 17.5 Å². The third-order valence-electron chi connectivity index (χ3n) is 4.26. The van der Waals surface area contributed by atoms with Crippen molar-refractivity contribution in [2.45, 2.75) is 11.1 Å². The smallest absolute Gasteiger partial charge is 0.432 e. The average molecular weight is 422 g/mol. The Balaban J connectivity index is 2.21. The molecule has 9 heteroatoms. The van der Waals surface area contributed by atoms with Crippen LogP contribution in [-0.2, 0) is 13.2 Å². The monoisotopic (exact) mass is 422 g/mol. The number of carbonyl (C=O) groups is 1. The van der Waals surface area contributed by atoms with Gasteiger partial charge in [-0.15, -0.1) is 23.1 Å². The molecule has 0 aliphatic heterocycles. The van der Waals surface area contributed by atoms with Gasteiger partial charge in [-0.05, 0) is 28.8 Å². The summed E-state index contributed by atoms with van der Waals surface area (Å²) in [6.45, 7) is 0. The van der Waals surface area contributed by atoms with Gasteiger partial charge in [0.25, 0.3) is 0 Å². The Labute approximate surface area is 166 Å². The van der Waals surface area contributed by atoms with Crippen molar-refractivity contribution in [3.8, 4) is 27.6 Å². The highest BCUT2D eigenvalue weighted by Gasteiger charge is 2.41. The third kappa shape index (κ3) is 3.30. The quantitative estimate of drug-likeness (QED) is 0.545. The highest BCUT2D eigenvalue weighted by Crippen LogP contribution is 2.41. The highest BCUT2D eigenvalue weighted by atomic mass is 32.2. The normalized spacial score (nSPS) is 11.4. The number of carboxylic acid groups (broad SMARTS) is 1. The molecule has 3 rings (SSSR count). The van der Waals surface area contributed by atoms with Gasteiger partial charge in [0.15, 0.2) is 0 Å². The molecule has 2 heterocycles. The Hall–Kier alpha value is -2.70. The summed E-state index contributed by atoms with van der Waals surface area (Å²) in [5.74, 6) is -1.53. The van der Waals surface area contributed by atoms with Gasteiger partial charge in [-0.1, -0.05) is 24.3 Å². The Bertz CT molecular complexity index is 1090. The molecule has 0 spiro atoms. The van der Waals surface area contributed by atoms with Gasteiger partial charge in [0.05, 0.1) is 5.56 Å². The van der Waals surface area contributed by atoms with E-state index in [0.29, 0.717) is 4.57 Å². The number of carboxylic acids is 1. The van der Waals surface area contributed by atoms with E-state index >= 15 is 0 Å². The molecule has 0 amide bonds. The number of aromatic nitrogens is 1. The Morgan fingerprint density at radius 3 is 2.32 bits per heavy atom. The summed E-state index contributed by atoms with van der Waals surface area (Å²) in [5.41, 5.74) is -1.66. The predicted molar refractivity (Wildman–Crippen MR) is 103 cm³/mol. The first-order valence-corrected chi connectivity index (χ1v) is 9.96. The second kappa shape index (κ2) is 7.37. The topological polar surface area (TPSA) is 66.0 Å². The molecule has 0 saturated heterocycles. The van der Waals surface area contributed by atoms with Crippen LogP contribution in [0.1, 0.15) is 21.7 Å². The molecule has 0 radical (unpaired) electrons. The summed E-state index contributed by atoms with van der Waals surface area (Å²) in [4.78, 5) is 13.7. The lowest BCUT2D eigenvalue weighted by molar-refractivity contribution is -0.143. The van der Waals surface area contributed by atoms with Crippen LogP contribution in [0, 0.1) is 11.3 Å². The van der Waals surface area contributed by atoms with Gasteiger partial charge < -0.3 is 9.67 Å². The van der Waals surface area contributed by atoms with Crippen LogP contribution in [0.2, 0.25) is 0 Å². The molecule has 0 bridgehead atoms. The zero-order valence-electron chi connectivity index (χ0n) is 14.7. The van der Waals surface area contributed by atoms with Crippen molar-refractivity contribution in [2.24, 2.45) is 7.05 Å². The summed E-state index contributed by atoms with van der Waals surface area (Å²) in [6.07, 6.45) is -2.91. The maximum absolute atomic E-state index is 13.4. The molecule has 3 aromatic rings. The van der Waals surface area contributed by atoms with Crippen molar-refractivity contribution in [3.05, 3.63) is 52.7 Å².